The first-order chi connectivity index (χ1) is 17.4. The molecule has 3 rings (SSSR count). The standard InChI is InChI=1S/C30H42N2O4S/c1-19(2)36-26-16-22(5)24(17-25(26)34-9)11-10-20(3)27(31-23(6)28-21(4)12-15-37-28)29(33)32-13-14-35-18-30(32,7)8/h12,15-17,19H,10-11,13-14,18H2,1-9H3/b27-20+,31-23+. The van der Waals surface area contributed by atoms with Gasteiger partial charge < -0.3 is 19.1 Å². The summed E-state index contributed by atoms with van der Waals surface area (Å²) in [7, 11) is 1.66. The molecule has 0 bridgehead atoms. The van der Waals surface area contributed by atoms with E-state index in [1.54, 1.807) is 18.4 Å². The molecule has 0 spiro atoms. The molecule has 1 aromatic carbocycles. The molecule has 2 heterocycles. The number of hydrogen-bond acceptors (Lipinski definition) is 6. The molecule has 1 saturated heterocycles. The lowest BCUT2D eigenvalue weighted by Gasteiger charge is -2.42. The van der Waals surface area contributed by atoms with Crippen molar-refractivity contribution in [2.45, 2.75) is 79.9 Å². The summed E-state index contributed by atoms with van der Waals surface area (Å²) in [5.41, 5.74) is 5.47. The van der Waals surface area contributed by atoms with Gasteiger partial charge in [-0.15, -0.1) is 11.3 Å². The summed E-state index contributed by atoms with van der Waals surface area (Å²) in [6.45, 7) is 17.9. The molecule has 0 N–H and O–H groups in total. The van der Waals surface area contributed by atoms with Crippen LogP contribution in [0.15, 0.2) is 39.8 Å². The average Bonchev–Trinajstić information content (AvgIpc) is 3.26. The fourth-order valence-corrected chi connectivity index (χ4v) is 5.45. The minimum absolute atomic E-state index is 0.0330. The maximum Gasteiger partial charge on any atom is 0.273 e. The number of thiophene rings is 1. The van der Waals surface area contributed by atoms with Crippen molar-refractivity contribution in [1.82, 2.24) is 4.90 Å². The number of amides is 1. The van der Waals surface area contributed by atoms with E-state index in [0.717, 1.165) is 39.6 Å². The number of rotatable bonds is 9. The van der Waals surface area contributed by atoms with Crippen LogP contribution in [0.1, 0.15) is 69.5 Å². The van der Waals surface area contributed by atoms with Crippen molar-refractivity contribution in [2.75, 3.05) is 26.9 Å². The minimum Gasteiger partial charge on any atom is -0.493 e. The number of morpholine rings is 1. The number of carbonyl (C=O) groups is 1. The minimum atomic E-state index is -0.390. The van der Waals surface area contributed by atoms with Crippen LogP contribution in [0.25, 0.3) is 0 Å². The van der Waals surface area contributed by atoms with Gasteiger partial charge in [-0.3, -0.25) is 4.79 Å². The second-order valence-corrected chi connectivity index (χ2v) is 11.6. The van der Waals surface area contributed by atoms with Gasteiger partial charge in [0.1, 0.15) is 5.70 Å². The molecule has 202 valence electrons. The van der Waals surface area contributed by atoms with Crippen molar-refractivity contribution < 1.29 is 19.0 Å². The van der Waals surface area contributed by atoms with Gasteiger partial charge in [0.15, 0.2) is 11.5 Å². The molecule has 2 aromatic rings. The van der Waals surface area contributed by atoms with Crippen molar-refractivity contribution >= 4 is 23.0 Å². The van der Waals surface area contributed by atoms with Crippen molar-refractivity contribution in [2.24, 2.45) is 4.99 Å². The molecule has 0 atom stereocenters. The van der Waals surface area contributed by atoms with Gasteiger partial charge in [-0.25, -0.2) is 4.99 Å². The van der Waals surface area contributed by atoms with Crippen molar-refractivity contribution in [3.05, 3.63) is 56.4 Å². The van der Waals surface area contributed by atoms with Crippen LogP contribution in [-0.2, 0) is 16.0 Å². The molecule has 0 radical (unpaired) electrons. The Hall–Kier alpha value is -2.64. The van der Waals surface area contributed by atoms with Gasteiger partial charge in [0, 0.05) is 6.54 Å². The van der Waals surface area contributed by atoms with Gasteiger partial charge in [0.05, 0.1) is 42.6 Å². The molecule has 0 aliphatic carbocycles. The smallest absolute Gasteiger partial charge is 0.273 e. The number of carbonyl (C=O) groups excluding carboxylic acids is 1. The van der Waals surface area contributed by atoms with Crippen LogP contribution >= 0.6 is 11.3 Å². The zero-order valence-corrected chi connectivity index (χ0v) is 24.7. The largest absolute Gasteiger partial charge is 0.493 e. The topological polar surface area (TPSA) is 60.4 Å². The number of aliphatic imine (C=N–C) groups is 1. The Kier molecular flexibility index (Phi) is 9.59. The molecule has 1 fully saturated rings. The van der Waals surface area contributed by atoms with Crippen LogP contribution in [0.4, 0.5) is 0 Å². The Bertz CT molecular complexity index is 1180. The van der Waals surface area contributed by atoms with Crippen molar-refractivity contribution in [3.8, 4) is 11.5 Å². The predicted octanol–water partition coefficient (Wildman–Crippen LogP) is 6.51. The Morgan fingerprint density at radius 3 is 2.51 bits per heavy atom. The van der Waals surface area contributed by atoms with Crippen molar-refractivity contribution in [1.29, 1.82) is 0 Å². The fraction of sp³-hybridized carbons (Fsp3) is 0.533. The SMILES string of the molecule is COc1cc(CC/C(C)=C(/N=C(\C)c2sccc2C)C(=O)N2CCOCC2(C)C)c(C)cc1OC(C)C. The van der Waals surface area contributed by atoms with Gasteiger partial charge in [0.25, 0.3) is 5.91 Å². The average molecular weight is 527 g/mol. The van der Waals surface area contributed by atoms with Gasteiger partial charge in [-0.05, 0) is 114 Å². The Morgan fingerprint density at radius 1 is 1.19 bits per heavy atom. The predicted molar refractivity (Wildman–Crippen MR) is 152 cm³/mol. The second-order valence-electron chi connectivity index (χ2n) is 10.7. The third kappa shape index (κ3) is 7.02. The normalized spacial score (nSPS) is 16.6. The Morgan fingerprint density at radius 2 is 1.92 bits per heavy atom. The highest BCUT2D eigenvalue weighted by Gasteiger charge is 2.36. The maximum atomic E-state index is 13.9. The first-order valence-electron chi connectivity index (χ1n) is 13.0. The number of methoxy groups -OCH3 is 1. The number of hydrogen-bond donors (Lipinski definition) is 0. The zero-order valence-electron chi connectivity index (χ0n) is 23.9. The highest BCUT2D eigenvalue weighted by atomic mass is 32.1. The zero-order chi connectivity index (χ0) is 27.3. The molecule has 37 heavy (non-hydrogen) atoms. The van der Waals surface area contributed by atoms with E-state index in [4.69, 9.17) is 19.2 Å². The summed E-state index contributed by atoms with van der Waals surface area (Å²) in [5.74, 6) is 1.45. The Labute approximate surface area is 226 Å². The van der Waals surface area contributed by atoms with E-state index < -0.39 is 0 Å². The number of allylic oxidation sites excluding steroid dienone is 1. The third-order valence-electron chi connectivity index (χ3n) is 6.72. The fourth-order valence-electron chi connectivity index (χ4n) is 4.57. The van der Waals surface area contributed by atoms with E-state index in [1.165, 1.54) is 11.1 Å². The molecule has 6 nitrogen and oxygen atoms in total. The number of nitrogens with zero attached hydrogens (tertiary/aromatic N) is 2. The molecular formula is C30H42N2O4S. The highest BCUT2D eigenvalue weighted by molar-refractivity contribution is 7.12. The summed E-state index contributed by atoms with van der Waals surface area (Å²) in [5, 5.41) is 2.07. The first-order valence-corrected chi connectivity index (χ1v) is 13.9. The number of aryl methyl sites for hydroxylation is 3. The summed E-state index contributed by atoms with van der Waals surface area (Å²) in [4.78, 5) is 21.9. The Balaban J connectivity index is 1.96. The highest BCUT2D eigenvalue weighted by Crippen LogP contribution is 2.33. The molecule has 0 unspecified atom stereocenters. The van der Waals surface area contributed by atoms with E-state index in [1.807, 2.05) is 52.5 Å². The lowest BCUT2D eigenvalue weighted by molar-refractivity contribution is -0.142. The summed E-state index contributed by atoms with van der Waals surface area (Å²) in [6.07, 6.45) is 1.54. The second kappa shape index (κ2) is 12.3. The van der Waals surface area contributed by atoms with Crippen LogP contribution in [0.2, 0.25) is 0 Å². The molecular weight excluding hydrogens is 484 g/mol. The quantitative estimate of drug-likeness (QED) is 0.276. The van der Waals surface area contributed by atoms with Crippen LogP contribution in [0.3, 0.4) is 0 Å². The summed E-state index contributed by atoms with van der Waals surface area (Å²) in [6, 6.07) is 6.18. The van der Waals surface area contributed by atoms with Crippen molar-refractivity contribution in [3.63, 3.8) is 0 Å². The lowest BCUT2D eigenvalue weighted by atomic mass is 9.97. The van der Waals surface area contributed by atoms with Gasteiger partial charge >= 0.3 is 0 Å². The molecule has 1 amide bonds. The van der Waals surface area contributed by atoms with E-state index in [9.17, 15) is 4.79 Å². The summed E-state index contributed by atoms with van der Waals surface area (Å²) >= 11 is 1.66. The van der Waals surface area contributed by atoms with Gasteiger partial charge in [0.2, 0.25) is 0 Å². The third-order valence-corrected chi connectivity index (χ3v) is 7.85. The van der Waals surface area contributed by atoms with E-state index >= 15 is 0 Å². The van der Waals surface area contributed by atoms with E-state index in [-0.39, 0.29) is 17.6 Å². The first kappa shape index (κ1) is 28.9. The number of ether oxygens (including phenoxy) is 3. The van der Waals surface area contributed by atoms with Crippen LogP contribution < -0.4 is 9.47 Å². The van der Waals surface area contributed by atoms with Crippen LogP contribution in [0, 0.1) is 13.8 Å². The molecule has 7 heteroatoms. The molecule has 0 saturated carbocycles. The number of benzene rings is 1. The molecule has 1 aromatic heterocycles. The van der Waals surface area contributed by atoms with Gasteiger partial charge in [-0.1, -0.05) is 0 Å². The van der Waals surface area contributed by atoms with Gasteiger partial charge in [-0.2, -0.15) is 0 Å². The summed E-state index contributed by atoms with van der Waals surface area (Å²) < 4.78 is 17.2. The lowest BCUT2D eigenvalue weighted by Crippen LogP contribution is -2.55. The van der Waals surface area contributed by atoms with E-state index in [0.29, 0.717) is 31.9 Å². The van der Waals surface area contributed by atoms with Crippen LogP contribution in [0.5, 0.6) is 11.5 Å². The maximum absolute atomic E-state index is 13.9. The molecule has 1 aliphatic heterocycles. The molecule has 1 aliphatic rings. The monoisotopic (exact) mass is 526 g/mol. The van der Waals surface area contributed by atoms with E-state index in [2.05, 4.69) is 31.4 Å². The van der Waals surface area contributed by atoms with Crippen LogP contribution in [-0.4, -0.2) is 55.0 Å².